The molecule has 9 heteroatoms. The normalized spacial score (nSPS) is 17.1. The average Bonchev–Trinajstić information content (AvgIpc) is 2.54. The first kappa shape index (κ1) is 17.0. The second kappa shape index (κ2) is 6.21. The number of aromatic nitrogens is 1. The number of nitrogens with zero attached hydrogens (tertiary/aromatic N) is 1. The number of nitrogens with one attached hydrogen (secondary N) is 1. The molecule has 24 heavy (non-hydrogen) atoms. The van der Waals surface area contributed by atoms with E-state index in [0.29, 0.717) is 29.8 Å². The number of alkyl halides is 3. The van der Waals surface area contributed by atoms with E-state index in [0.717, 1.165) is 25.0 Å². The summed E-state index contributed by atoms with van der Waals surface area (Å²) in [6.45, 7) is 1.29. The summed E-state index contributed by atoms with van der Waals surface area (Å²) < 4.78 is 66.4. The van der Waals surface area contributed by atoms with E-state index in [1.54, 1.807) is 12.3 Å². The second-order valence-corrected chi connectivity index (χ2v) is 7.50. The Hall–Kier alpha value is -1.87. The van der Waals surface area contributed by atoms with E-state index in [4.69, 9.17) is 4.74 Å². The third-order valence-electron chi connectivity index (χ3n) is 3.86. The van der Waals surface area contributed by atoms with Crippen molar-refractivity contribution < 1.29 is 26.3 Å². The van der Waals surface area contributed by atoms with Gasteiger partial charge in [0.15, 0.2) is 0 Å². The maximum Gasteiger partial charge on any atom is 0.501 e. The van der Waals surface area contributed by atoms with Crippen molar-refractivity contribution in [1.29, 1.82) is 0 Å². The van der Waals surface area contributed by atoms with E-state index in [-0.39, 0.29) is 6.04 Å². The Morgan fingerprint density at radius 2 is 1.88 bits per heavy atom. The van der Waals surface area contributed by atoms with Crippen LogP contribution in [0.5, 0.6) is 0 Å². The maximum atomic E-state index is 12.7. The van der Waals surface area contributed by atoms with E-state index in [1.807, 2.05) is 0 Å². The molecule has 2 heterocycles. The highest BCUT2D eigenvalue weighted by molar-refractivity contribution is 7.92. The molecule has 1 saturated heterocycles. The number of anilines is 1. The van der Waals surface area contributed by atoms with Crippen molar-refractivity contribution in [3.05, 3.63) is 30.5 Å². The second-order valence-electron chi connectivity index (χ2n) is 5.56. The van der Waals surface area contributed by atoms with Gasteiger partial charge in [-0.15, -0.1) is 0 Å². The van der Waals surface area contributed by atoms with Gasteiger partial charge in [-0.2, -0.15) is 13.2 Å². The minimum atomic E-state index is -5.37. The molecule has 0 aliphatic carbocycles. The molecule has 5 nitrogen and oxygen atoms in total. The Balaban J connectivity index is 1.93. The maximum absolute atomic E-state index is 12.7. The summed E-state index contributed by atoms with van der Waals surface area (Å²) in [4.78, 5) is 3.38. The molecule has 0 spiro atoms. The van der Waals surface area contributed by atoms with Crippen molar-refractivity contribution in [2.24, 2.45) is 0 Å². The zero-order valence-corrected chi connectivity index (χ0v) is 13.3. The van der Waals surface area contributed by atoms with Crippen LogP contribution in [0.1, 0.15) is 12.8 Å². The number of pyridine rings is 1. The Morgan fingerprint density at radius 3 is 2.54 bits per heavy atom. The molecule has 1 aliphatic heterocycles. The third kappa shape index (κ3) is 3.32. The van der Waals surface area contributed by atoms with Crippen molar-refractivity contribution in [3.63, 3.8) is 0 Å². The number of hydrogen-bond donors (Lipinski definition) is 1. The Morgan fingerprint density at radius 1 is 1.17 bits per heavy atom. The molecule has 1 aromatic carbocycles. The topological polar surface area (TPSA) is 68.3 Å². The average molecular weight is 360 g/mol. The summed E-state index contributed by atoms with van der Waals surface area (Å²) in [6.07, 6.45) is 3.22. The lowest BCUT2D eigenvalue weighted by Crippen LogP contribution is -2.27. The molecule has 1 N–H and O–H groups in total. The monoisotopic (exact) mass is 360 g/mol. The summed E-state index contributed by atoms with van der Waals surface area (Å²) in [5.41, 5.74) is -4.27. The predicted octanol–water partition coefficient (Wildman–Crippen LogP) is 3.12. The number of halogens is 3. The quantitative estimate of drug-likeness (QED) is 0.911. The molecule has 0 amide bonds. The summed E-state index contributed by atoms with van der Waals surface area (Å²) in [5, 5.41) is 3.58. The van der Waals surface area contributed by atoms with Crippen LogP contribution < -0.4 is 5.32 Å². The van der Waals surface area contributed by atoms with E-state index in [9.17, 15) is 21.6 Å². The van der Waals surface area contributed by atoms with Gasteiger partial charge in [0.1, 0.15) is 0 Å². The fourth-order valence-corrected chi connectivity index (χ4v) is 3.36. The lowest BCUT2D eigenvalue weighted by atomic mass is 10.1. The van der Waals surface area contributed by atoms with Gasteiger partial charge in [-0.25, -0.2) is 8.42 Å². The molecule has 1 fully saturated rings. The summed E-state index contributed by atoms with van der Waals surface area (Å²) in [5.74, 6) is 0. The van der Waals surface area contributed by atoms with Gasteiger partial charge in [0.2, 0.25) is 0 Å². The SMILES string of the molecule is O=S(=O)(c1ccc2ncc(NC3CCOCC3)cc2c1)C(F)(F)F. The van der Waals surface area contributed by atoms with Crippen LogP contribution in [-0.4, -0.2) is 38.2 Å². The number of hydrogen-bond acceptors (Lipinski definition) is 5. The lowest BCUT2D eigenvalue weighted by Gasteiger charge is -2.24. The van der Waals surface area contributed by atoms with Gasteiger partial charge in [0.05, 0.1) is 22.3 Å². The first-order valence-electron chi connectivity index (χ1n) is 7.33. The van der Waals surface area contributed by atoms with Crippen LogP contribution in [0.2, 0.25) is 0 Å². The fraction of sp³-hybridized carbons (Fsp3) is 0.400. The van der Waals surface area contributed by atoms with Crippen LogP contribution >= 0.6 is 0 Å². The van der Waals surface area contributed by atoms with Gasteiger partial charge < -0.3 is 10.1 Å². The number of rotatable bonds is 3. The smallest absolute Gasteiger partial charge is 0.381 e. The van der Waals surface area contributed by atoms with Gasteiger partial charge >= 0.3 is 5.51 Å². The van der Waals surface area contributed by atoms with E-state index < -0.39 is 20.2 Å². The largest absolute Gasteiger partial charge is 0.501 e. The van der Waals surface area contributed by atoms with E-state index >= 15 is 0 Å². The Labute approximate surface area is 136 Å². The number of sulfone groups is 1. The third-order valence-corrected chi connectivity index (χ3v) is 5.34. The van der Waals surface area contributed by atoms with Crippen LogP contribution in [0.15, 0.2) is 35.4 Å². The number of ether oxygens (including phenoxy) is 1. The minimum Gasteiger partial charge on any atom is -0.381 e. The van der Waals surface area contributed by atoms with Gasteiger partial charge in [0.25, 0.3) is 9.84 Å². The van der Waals surface area contributed by atoms with Gasteiger partial charge in [0, 0.05) is 24.6 Å². The van der Waals surface area contributed by atoms with Crippen molar-refractivity contribution in [2.75, 3.05) is 18.5 Å². The molecule has 0 atom stereocenters. The highest BCUT2D eigenvalue weighted by atomic mass is 32.2. The zero-order valence-electron chi connectivity index (χ0n) is 12.5. The zero-order chi connectivity index (χ0) is 17.4. The van der Waals surface area contributed by atoms with Crippen molar-refractivity contribution in [1.82, 2.24) is 4.98 Å². The molecule has 3 rings (SSSR count). The Kier molecular flexibility index (Phi) is 4.39. The van der Waals surface area contributed by atoms with Gasteiger partial charge in [-0.1, -0.05) is 0 Å². The van der Waals surface area contributed by atoms with Crippen LogP contribution in [-0.2, 0) is 14.6 Å². The Bertz CT molecular complexity index is 847. The van der Waals surface area contributed by atoms with Gasteiger partial charge in [-0.05, 0) is 37.1 Å². The molecule has 1 aliphatic rings. The van der Waals surface area contributed by atoms with E-state index in [1.165, 1.54) is 6.07 Å². The van der Waals surface area contributed by atoms with Crippen LogP contribution in [0, 0.1) is 0 Å². The highest BCUT2D eigenvalue weighted by Crippen LogP contribution is 2.32. The van der Waals surface area contributed by atoms with Crippen LogP contribution in [0.25, 0.3) is 10.9 Å². The number of benzene rings is 1. The number of fused-ring (bicyclic) bond motifs is 1. The fourth-order valence-electron chi connectivity index (χ4n) is 2.57. The molecule has 0 unspecified atom stereocenters. The van der Waals surface area contributed by atoms with E-state index in [2.05, 4.69) is 10.3 Å². The van der Waals surface area contributed by atoms with Crippen molar-refractivity contribution in [3.8, 4) is 0 Å². The predicted molar refractivity (Wildman–Crippen MR) is 82.4 cm³/mol. The van der Waals surface area contributed by atoms with Crippen molar-refractivity contribution >= 4 is 26.4 Å². The molecule has 0 saturated carbocycles. The first-order chi connectivity index (χ1) is 11.3. The summed E-state index contributed by atoms with van der Waals surface area (Å²) in [6, 6.07) is 4.99. The molecule has 2 aromatic rings. The summed E-state index contributed by atoms with van der Waals surface area (Å²) in [7, 11) is -5.37. The molecule has 0 bridgehead atoms. The van der Waals surface area contributed by atoms with Crippen molar-refractivity contribution in [2.45, 2.75) is 29.3 Å². The lowest BCUT2D eigenvalue weighted by molar-refractivity contribution is -0.0435. The highest BCUT2D eigenvalue weighted by Gasteiger charge is 2.46. The standard InChI is InChI=1S/C15H15F3N2O3S/c16-15(17,18)24(21,22)13-1-2-14-10(8-13)7-12(9-19-14)20-11-3-5-23-6-4-11/h1-2,7-9,11,20H,3-6H2. The molecule has 130 valence electrons. The van der Waals surface area contributed by atoms with Crippen LogP contribution in [0.3, 0.4) is 0 Å². The summed E-state index contributed by atoms with van der Waals surface area (Å²) >= 11 is 0. The van der Waals surface area contributed by atoms with Gasteiger partial charge in [-0.3, -0.25) is 4.98 Å². The van der Waals surface area contributed by atoms with Crippen LogP contribution in [0.4, 0.5) is 18.9 Å². The minimum absolute atomic E-state index is 0.195. The molecule has 1 aromatic heterocycles. The first-order valence-corrected chi connectivity index (χ1v) is 8.81. The molecule has 0 radical (unpaired) electrons. The molecular formula is C15H15F3N2O3S. The molecular weight excluding hydrogens is 345 g/mol.